The minimum absolute atomic E-state index is 0.481. The number of hydrogen-bond donors (Lipinski definition) is 2. The van der Waals surface area contributed by atoms with Crippen molar-refractivity contribution in [3.8, 4) is 0 Å². The van der Waals surface area contributed by atoms with E-state index in [0.717, 1.165) is 5.92 Å². The van der Waals surface area contributed by atoms with Crippen LogP contribution in [-0.4, -0.2) is 22.3 Å². The molecule has 0 saturated heterocycles. The van der Waals surface area contributed by atoms with E-state index < -0.39 is 0 Å². The summed E-state index contributed by atoms with van der Waals surface area (Å²) in [5.41, 5.74) is 0. The van der Waals surface area contributed by atoms with Crippen molar-refractivity contribution < 1.29 is 4.42 Å². The molecule has 3 atom stereocenters. The van der Waals surface area contributed by atoms with Gasteiger partial charge in [-0.1, -0.05) is 25.4 Å². The van der Waals surface area contributed by atoms with Crippen molar-refractivity contribution >= 4 is 6.01 Å². The van der Waals surface area contributed by atoms with Crippen LogP contribution in [0.4, 0.5) is 6.01 Å². The predicted molar refractivity (Wildman–Crippen MR) is 73.7 cm³/mol. The van der Waals surface area contributed by atoms with Crippen molar-refractivity contribution in [2.24, 2.45) is 11.8 Å². The molecule has 106 valence electrons. The molecule has 2 fully saturated rings. The predicted octanol–water partition coefficient (Wildman–Crippen LogP) is 2.56. The van der Waals surface area contributed by atoms with E-state index in [1.54, 1.807) is 0 Å². The first-order valence-corrected chi connectivity index (χ1v) is 7.58. The topological polar surface area (TPSA) is 63.0 Å². The fourth-order valence-corrected chi connectivity index (χ4v) is 3.09. The quantitative estimate of drug-likeness (QED) is 0.826. The van der Waals surface area contributed by atoms with Crippen molar-refractivity contribution in [3.05, 3.63) is 5.89 Å². The zero-order valence-electron chi connectivity index (χ0n) is 11.9. The Balaban J connectivity index is 1.51. The van der Waals surface area contributed by atoms with Gasteiger partial charge in [-0.2, -0.15) is 0 Å². The van der Waals surface area contributed by atoms with Crippen molar-refractivity contribution in [2.75, 3.05) is 5.32 Å². The second kappa shape index (κ2) is 5.49. The molecule has 0 spiro atoms. The van der Waals surface area contributed by atoms with Crippen LogP contribution in [0, 0.1) is 11.8 Å². The molecule has 19 heavy (non-hydrogen) atoms. The Kier molecular flexibility index (Phi) is 3.73. The van der Waals surface area contributed by atoms with Crippen LogP contribution in [0.25, 0.3) is 0 Å². The standard InChI is InChI=1S/C14H24N4O/c1-3-10-4-7-12(9(10)2)16-14-18-17-13(19-14)8-15-11-5-6-11/h9-12,15H,3-8H2,1-2H3,(H,16,18). The van der Waals surface area contributed by atoms with E-state index in [0.29, 0.717) is 36.5 Å². The van der Waals surface area contributed by atoms with E-state index in [-0.39, 0.29) is 0 Å². The summed E-state index contributed by atoms with van der Waals surface area (Å²) in [6, 6.07) is 1.74. The average Bonchev–Trinajstić information content (AvgIpc) is 3.04. The minimum atomic E-state index is 0.481. The first-order chi connectivity index (χ1) is 9.26. The smallest absolute Gasteiger partial charge is 0.315 e. The van der Waals surface area contributed by atoms with Crippen molar-refractivity contribution in [2.45, 2.75) is 64.6 Å². The van der Waals surface area contributed by atoms with Gasteiger partial charge in [0.05, 0.1) is 6.54 Å². The number of nitrogens with one attached hydrogen (secondary N) is 2. The summed E-state index contributed by atoms with van der Waals surface area (Å²) >= 11 is 0. The molecule has 0 radical (unpaired) electrons. The normalized spacial score (nSPS) is 30.7. The molecule has 1 aromatic heterocycles. The number of nitrogens with zero attached hydrogens (tertiary/aromatic N) is 2. The molecule has 5 heteroatoms. The molecule has 0 amide bonds. The lowest BCUT2D eigenvalue weighted by Gasteiger charge is -2.19. The summed E-state index contributed by atoms with van der Waals surface area (Å²) in [4.78, 5) is 0. The molecule has 1 aromatic rings. The lowest BCUT2D eigenvalue weighted by atomic mass is 9.94. The highest BCUT2D eigenvalue weighted by Gasteiger charge is 2.32. The monoisotopic (exact) mass is 264 g/mol. The summed E-state index contributed by atoms with van der Waals surface area (Å²) < 4.78 is 5.65. The van der Waals surface area contributed by atoms with Gasteiger partial charge in [0, 0.05) is 12.1 Å². The van der Waals surface area contributed by atoms with Gasteiger partial charge in [-0.3, -0.25) is 0 Å². The molecular weight excluding hydrogens is 240 g/mol. The highest BCUT2D eigenvalue weighted by atomic mass is 16.4. The van der Waals surface area contributed by atoms with Crippen LogP contribution in [0.2, 0.25) is 0 Å². The molecule has 3 unspecified atom stereocenters. The maximum absolute atomic E-state index is 5.65. The average molecular weight is 264 g/mol. The van der Waals surface area contributed by atoms with E-state index in [2.05, 4.69) is 34.7 Å². The highest BCUT2D eigenvalue weighted by Crippen LogP contribution is 2.35. The Morgan fingerprint density at radius 1 is 1.21 bits per heavy atom. The molecular formula is C14H24N4O. The van der Waals surface area contributed by atoms with Crippen LogP contribution < -0.4 is 10.6 Å². The fraction of sp³-hybridized carbons (Fsp3) is 0.857. The third kappa shape index (κ3) is 3.08. The minimum Gasteiger partial charge on any atom is -0.407 e. The number of aromatic nitrogens is 2. The number of hydrogen-bond acceptors (Lipinski definition) is 5. The fourth-order valence-electron chi connectivity index (χ4n) is 3.09. The van der Waals surface area contributed by atoms with Crippen LogP contribution in [-0.2, 0) is 6.54 Å². The summed E-state index contributed by atoms with van der Waals surface area (Å²) in [7, 11) is 0. The first-order valence-electron chi connectivity index (χ1n) is 7.58. The van der Waals surface area contributed by atoms with Crippen LogP contribution in [0.3, 0.4) is 0 Å². The number of anilines is 1. The molecule has 0 bridgehead atoms. The molecule has 0 aromatic carbocycles. The summed E-state index contributed by atoms with van der Waals surface area (Å²) in [5.74, 6) is 2.20. The maximum Gasteiger partial charge on any atom is 0.315 e. The molecule has 0 aliphatic heterocycles. The summed E-state index contributed by atoms with van der Waals surface area (Å²) in [6.45, 7) is 5.29. The van der Waals surface area contributed by atoms with Crippen LogP contribution in [0.1, 0.15) is 51.8 Å². The van der Waals surface area contributed by atoms with Gasteiger partial charge in [-0.25, -0.2) is 0 Å². The van der Waals surface area contributed by atoms with E-state index >= 15 is 0 Å². The molecule has 2 aliphatic rings. The van der Waals surface area contributed by atoms with Gasteiger partial charge in [0.2, 0.25) is 5.89 Å². The van der Waals surface area contributed by atoms with Gasteiger partial charge in [0.1, 0.15) is 0 Å². The Hall–Kier alpha value is -1.10. The molecule has 3 rings (SSSR count). The summed E-state index contributed by atoms with van der Waals surface area (Å²) in [5, 5.41) is 15.0. The Labute approximate surface area is 114 Å². The van der Waals surface area contributed by atoms with E-state index in [1.807, 2.05) is 0 Å². The molecule has 2 aliphatic carbocycles. The van der Waals surface area contributed by atoms with Gasteiger partial charge < -0.3 is 15.1 Å². The Bertz CT molecular complexity index is 415. The number of rotatable bonds is 6. The Morgan fingerprint density at radius 3 is 2.74 bits per heavy atom. The van der Waals surface area contributed by atoms with Crippen LogP contribution in [0.15, 0.2) is 4.42 Å². The third-order valence-corrected chi connectivity index (χ3v) is 4.65. The lowest BCUT2D eigenvalue weighted by Crippen LogP contribution is -2.24. The van der Waals surface area contributed by atoms with Gasteiger partial charge in [-0.15, -0.1) is 5.10 Å². The van der Waals surface area contributed by atoms with Gasteiger partial charge in [-0.05, 0) is 37.5 Å². The molecule has 2 saturated carbocycles. The molecule has 1 heterocycles. The van der Waals surface area contributed by atoms with Gasteiger partial charge in [0.25, 0.3) is 0 Å². The maximum atomic E-state index is 5.65. The summed E-state index contributed by atoms with van der Waals surface area (Å²) in [6.07, 6.45) is 6.32. The van der Waals surface area contributed by atoms with Crippen molar-refractivity contribution in [1.29, 1.82) is 0 Å². The van der Waals surface area contributed by atoms with Crippen molar-refractivity contribution in [3.63, 3.8) is 0 Å². The van der Waals surface area contributed by atoms with Gasteiger partial charge >= 0.3 is 6.01 Å². The van der Waals surface area contributed by atoms with Crippen LogP contribution >= 0.6 is 0 Å². The van der Waals surface area contributed by atoms with E-state index in [1.165, 1.54) is 32.1 Å². The molecule has 2 N–H and O–H groups in total. The third-order valence-electron chi connectivity index (χ3n) is 4.65. The van der Waals surface area contributed by atoms with Gasteiger partial charge in [0.15, 0.2) is 0 Å². The second-order valence-corrected chi connectivity index (χ2v) is 6.01. The molecule has 5 nitrogen and oxygen atoms in total. The second-order valence-electron chi connectivity index (χ2n) is 6.01. The highest BCUT2D eigenvalue weighted by molar-refractivity contribution is 5.21. The van der Waals surface area contributed by atoms with E-state index in [9.17, 15) is 0 Å². The van der Waals surface area contributed by atoms with E-state index in [4.69, 9.17) is 4.42 Å². The lowest BCUT2D eigenvalue weighted by molar-refractivity contribution is 0.386. The van der Waals surface area contributed by atoms with Crippen molar-refractivity contribution in [1.82, 2.24) is 15.5 Å². The zero-order valence-corrected chi connectivity index (χ0v) is 11.9. The largest absolute Gasteiger partial charge is 0.407 e. The Morgan fingerprint density at radius 2 is 2.05 bits per heavy atom. The SMILES string of the molecule is CCC1CCC(Nc2nnc(CNC3CC3)o2)C1C. The first kappa shape index (κ1) is 12.9. The van der Waals surface area contributed by atoms with Crippen LogP contribution in [0.5, 0.6) is 0 Å². The zero-order chi connectivity index (χ0) is 13.2.